The molecule has 22 heavy (non-hydrogen) atoms. The summed E-state index contributed by atoms with van der Waals surface area (Å²) in [6.07, 6.45) is 1.36. The number of methoxy groups -OCH3 is 1. The number of hydrogen-bond acceptors (Lipinski definition) is 5. The van der Waals surface area contributed by atoms with Crippen LogP contribution in [0.2, 0.25) is 0 Å². The SMILES string of the molecule is COc1c[nH]c(C(=O)Nc2nc3ccc(C)cc3s2)cc1=O. The minimum atomic E-state index is -0.421. The quantitative estimate of drug-likeness (QED) is 0.778. The van der Waals surface area contributed by atoms with E-state index in [1.165, 1.54) is 30.7 Å². The van der Waals surface area contributed by atoms with Crippen molar-refractivity contribution in [1.82, 2.24) is 9.97 Å². The van der Waals surface area contributed by atoms with Gasteiger partial charge in [-0.25, -0.2) is 4.98 Å². The second-order valence-electron chi connectivity index (χ2n) is 4.72. The molecule has 2 heterocycles. The van der Waals surface area contributed by atoms with Gasteiger partial charge in [0.25, 0.3) is 5.91 Å². The summed E-state index contributed by atoms with van der Waals surface area (Å²) >= 11 is 1.39. The fourth-order valence-electron chi connectivity index (χ4n) is 2.00. The van der Waals surface area contributed by atoms with Gasteiger partial charge in [0.15, 0.2) is 10.9 Å². The molecule has 0 aliphatic carbocycles. The lowest BCUT2D eigenvalue weighted by Crippen LogP contribution is -2.17. The number of fused-ring (bicyclic) bond motifs is 1. The first kappa shape index (κ1) is 14.3. The fourth-order valence-corrected chi connectivity index (χ4v) is 2.96. The summed E-state index contributed by atoms with van der Waals surface area (Å²) in [5.41, 5.74) is 1.76. The molecule has 112 valence electrons. The Morgan fingerprint density at radius 1 is 1.36 bits per heavy atom. The smallest absolute Gasteiger partial charge is 0.273 e. The van der Waals surface area contributed by atoms with E-state index in [4.69, 9.17) is 4.74 Å². The summed E-state index contributed by atoms with van der Waals surface area (Å²) in [6.45, 7) is 2.00. The van der Waals surface area contributed by atoms with Gasteiger partial charge in [-0.2, -0.15) is 0 Å². The number of ether oxygens (including phenoxy) is 1. The lowest BCUT2D eigenvalue weighted by Gasteiger charge is -2.03. The Kier molecular flexibility index (Phi) is 3.64. The van der Waals surface area contributed by atoms with Crippen molar-refractivity contribution >= 4 is 32.6 Å². The average Bonchev–Trinajstić information content (AvgIpc) is 2.88. The Balaban J connectivity index is 1.86. The van der Waals surface area contributed by atoms with Gasteiger partial charge in [-0.15, -0.1) is 0 Å². The average molecular weight is 315 g/mol. The second-order valence-corrected chi connectivity index (χ2v) is 5.75. The summed E-state index contributed by atoms with van der Waals surface area (Å²) in [6, 6.07) is 7.09. The van der Waals surface area contributed by atoms with Gasteiger partial charge in [0.2, 0.25) is 5.43 Å². The number of nitrogens with one attached hydrogen (secondary N) is 2. The third-order valence-electron chi connectivity index (χ3n) is 3.11. The van der Waals surface area contributed by atoms with Crippen molar-refractivity contribution in [3.63, 3.8) is 0 Å². The summed E-state index contributed by atoms with van der Waals surface area (Å²) in [4.78, 5) is 30.9. The Morgan fingerprint density at radius 3 is 2.91 bits per heavy atom. The third-order valence-corrected chi connectivity index (χ3v) is 4.04. The van der Waals surface area contributed by atoms with Crippen LogP contribution in [0.4, 0.5) is 5.13 Å². The Morgan fingerprint density at radius 2 is 2.18 bits per heavy atom. The topological polar surface area (TPSA) is 84.1 Å². The van der Waals surface area contributed by atoms with E-state index < -0.39 is 5.91 Å². The highest BCUT2D eigenvalue weighted by Crippen LogP contribution is 2.26. The Bertz CT molecular complexity index is 914. The number of anilines is 1. The number of amides is 1. The summed E-state index contributed by atoms with van der Waals surface area (Å²) < 4.78 is 5.86. The standard InChI is InChI=1S/C15H13N3O3S/c1-8-3-4-9-13(5-8)22-15(17-9)18-14(20)10-6-11(19)12(21-2)7-16-10/h3-7H,1-2H3,(H,16,19)(H,17,18,20). The van der Waals surface area contributed by atoms with E-state index in [2.05, 4.69) is 15.3 Å². The van der Waals surface area contributed by atoms with Crippen LogP contribution < -0.4 is 15.5 Å². The van der Waals surface area contributed by atoms with Gasteiger partial charge in [-0.05, 0) is 24.6 Å². The van der Waals surface area contributed by atoms with Crippen molar-refractivity contribution in [2.24, 2.45) is 0 Å². The maximum absolute atomic E-state index is 12.2. The van der Waals surface area contributed by atoms with Gasteiger partial charge < -0.3 is 9.72 Å². The van der Waals surface area contributed by atoms with Crippen LogP contribution in [-0.2, 0) is 0 Å². The molecule has 0 saturated carbocycles. The highest BCUT2D eigenvalue weighted by Gasteiger charge is 2.12. The van der Waals surface area contributed by atoms with Crippen LogP contribution in [0.25, 0.3) is 10.2 Å². The molecule has 0 atom stereocenters. The second kappa shape index (κ2) is 5.61. The number of pyridine rings is 1. The van der Waals surface area contributed by atoms with Gasteiger partial charge in [-0.3, -0.25) is 14.9 Å². The molecule has 1 amide bonds. The van der Waals surface area contributed by atoms with Crippen LogP contribution in [0, 0.1) is 6.92 Å². The minimum Gasteiger partial charge on any atom is -0.491 e. The van der Waals surface area contributed by atoms with E-state index in [1.807, 2.05) is 25.1 Å². The molecule has 3 aromatic rings. The minimum absolute atomic E-state index is 0.154. The number of thiazole rings is 1. The molecule has 0 unspecified atom stereocenters. The molecule has 0 aliphatic rings. The van der Waals surface area contributed by atoms with Crippen LogP contribution in [0.1, 0.15) is 16.1 Å². The van der Waals surface area contributed by atoms with E-state index in [9.17, 15) is 9.59 Å². The largest absolute Gasteiger partial charge is 0.491 e. The van der Waals surface area contributed by atoms with E-state index in [-0.39, 0.29) is 16.9 Å². The zero-order valence-electron chi connectivity index (χ0n) is 12.0. The molecular weight excluding hydrogens is 302 g/mol. The van der Waals surface area contributed by atoms with Crippen LogP contribution in [-0.4, -0.2) is 23.0 Å². The molecule has 2 N–H and O–H groups in total. The maximum atomic E-state index is 12.2. The molecule has 0 bridgehead atoms. The van der Waals surface area contributed by atoms with E-state index in [0.717, 1.165) is 15.8 Å². The number of aromatic amines is 1. The van der Waals surface area contributed by atoms with Gasteiger partial charge in [-0.1, -0.05) is 17.4 Å². The van der Waals surface area contributed by atoms with Gasteiger partial charge in [0.1, 0.15) is 5.69 Å². The Hall–Kier alpha value is -2.67. The van der Waals surface area contributed by atoms with Crippen molar-refractivity contribution in [3.8, 4) is 5.75 Å². The van der Waals surface area contributed by atoms with Crippen molar-refractivity contribution in [2.45, 2.75) is 6.92 Å². The predicted molar refractivity (Wildman–Crippen MR) is 85.9 cm³/mol. The molecular formula is C15H13N3O3S. The molecule has 0 radical (unpaired) electrons. The number of benzene rings is 1. The molecule has 1 aromatic carbocycles. The first-order chi connectivity index (χ1) is 10.6. The number of aryl methyl sites for hydroxylation is 1. The molecule has 0 fully saturated rings. The lowest BCUT2D eigenvalue weighted by atomic mass is 10.2. The van der Waals surface area contributed by atoms with Crippen LogP contribution in [0.3, 0.4) is 0 Å². The molecule has 0 saturated heterocycles. The first-order valence-electron chi connectivity index (χ1n) is 6.52. The number of H-pyrrole nitrogens is 1. The number of hydrogen-bond donors (Lipinski definition) is 2. The number of carbonyl (C=O) groups excluding carboxylic acids is 1. The molecule has 6 nitrogen and oxygen atoms in total. The molecule has 3 rings (SSSR count). The predicted octanol–water partition coefficient (Wildman–Crippen LogP) is 2.55. The monoisotopic (exact) mass is 315 g/mol. The number of rotatable bonds is 3. The van der Waals surface area contributed by atoms with Crippen LogP contribution in [0.5, 0.6) is 5.75 Å². The molecule has 0 aliphatic heterocycles. The van der Waals surface area contributed by atoms with Crippen molar-refractivity contribution in [3.05, 3.63) is 51.9 Å². The lowest BCUT2D eigenvalue weighted by molar-refractivity contribution is 0.102. The van der Waals surface area contributed by atoms with E-state index in [0.29, 0.717) is 5.13 Å². The van der Waals surface area contributed by atoms with E-state index >= 15 is 0 Å². The maximum Gasteiger partial charge on any atom is 0.273 e. The first-order valence-corrected chi connectivity index (χ1v) is 7.34. The highest BCUT2D eigenvalue weighted by molar-refractivity contribution is 7.22. The zero-order valence-corrected chi connectivity index (χ0v) is 12.8. The van der Waals surface area contributed by atoms with Crippen molar-refractivity contribution in [2.75, 3.05) is 12.4 Å². The van der Waals surface area contributed by atoms with Gasteiger partial charge in [0.05, 0.1) is 17.3 Å². The van der Waals surface area contributed by atoms with E-state index in [1.54, 1.807) is 0 Å². The Labute approximate surface area is 129 Å². The number of nitrogens with zero attached hydrogens (tertiary/aromatic N) is 1. The van der Waals surface area contributed by atoms with Crippen LogP contribution >= 0.6 is 11.3 Å². The summed E-state index contributed by atoms with van der Waals surface area (Å²) in [7, 11) is 1.40. The zero-order chi connectivity index (χ0) is 15.7. The number of aromatic nitrogens is 2. The van der Waals surface area contributed by atoms with Crippen molar-refractivity contribution < 1.29 is 9.53 Å². The molecule has 7 heteroatoms. The molecule has 2 aromatic heterocycles. The van der Waals surface area contributed by atoms with Gasteiger partial charge >= 0.3 is 0 Å². The third kappa shape index (κ3) is 2.71. The number of carbonyl (C=O) groups is 1. The summed E-state index contributed by atoms with van der Waals surface area (Å²) in [5.74, 6) is -0.262. The fraction of sp³-hybridized carbons (Fsp3) is 0.133. The highest BCUT2D eigenvalue weighted by atomic mass is 32.1. The normalized spacial score (nSPS) is 10.6. The van der Waals surface area contributed by atoms with Crippen molar-refractivity contribution in [1.29, 1.82) is 0 Å². The summed E-state index contributed by atoms with van der Waals surface area (Å²) in [5, 5.41) is 3.18. The van der Waals surface area contributed by atoms with Crippen LogP contribution in [0.15, 0.2) is 35.3 Å². The van der Waals surface area contributed by atoms with Gasteiger partial charge in [0, 0.05) is 12.3 Å². The molecule has 0 spiro atoms.